The molecule has 14 rings (SSSR count). The van der Waals surface area contributed by atoms with Crippen molar-refractivity contribution in [1.29, 1.82) is 0 Å². The van der Waals surface area contributed by atoms with Crippen molar-refractivity contribution < 1.29 is 27.7 Å². The van der Waals surface area contributed by atoms with Crippen molar-refractivity contribution in [3.05, 3.63) is 271 Å². The van der Waals surface area contributed by atoms with E-state index in [9.17, 15) is 13.7 Å². The number of nitrogens with zero attached hydrogens (tertiary/aromatic N) is 1. The largest absolute Gasteiger partial charge is 0.456 e. The lowest BCUT2D eigenvalue weighted by molar-refractivity contribution is 0.669. The molecule has 0 saturated heterocycles. The van der Waals surface area contributed by atoms with Crippen LogP contribution in [0.2, 0.25) is 0 Å². The van der Waals surface area contributed by atoms with Gasteiger partial charge >= 0.3 is 0 Å². The van der Waals surface area contributed by atoms with E-state index in [4.69, 9.17) is 14.0 Å². The van der Waals surface area contributed by atoms with E-state index in [1.165, 1.54) is 0 Å². The summed E-state index contributed by atoms with van der Waals surface area (Å²) < 4.78 is 165. The van der Waals surface area contributed by atoms with E-state index in [1.54, 1.807) is 4.90 Å². The Bertz CT molecular complexity index is 4850. The first-order valence-electron chi connectivity index (χ1n) is 30.3. The van der Waals surface area contributed by atoms with Crippen molar-refractivity contribution in [1.82, 2.24) is 0 Å². The van der Waals surface area contributed by atoms with Crippen LogP contribution in [0, 0.1) is 0 Å². The second-order valence-electron chi connectivity index (χ2n) is 16.6. The van der Waals surface area contributed by atoms with Crippen LogP contribution in [0.1, 0.15) is 45.6 Å². The molecular formula is C65H41NO. The molecule has 0 fully saturated rings. The van der Waals surface area contributed by atoms with Gasteiger partial charge in [-0.25, -0.2) is 0 Å². The fourth-order valence-electron chi connectivity index (χ4n) is 10.4. The third kappa shape index (κ3) is 5.57. The highest BCUT2D eigenvalue weighted by Crippen LogP contribution is 2.63. The molecule has 0 aliphatic heterocycles. The predicted octanol–water partition coefficient (Wildman–Crippen LogP) is 17.6. The van der Waals surface area contributed by atoms with E-state index in [2.05, 4.69) is 36.4 Å². The molecule has 1 heterocycles. The predicted molar refractivity (Wildman–Crippen MR) is 279 cm³/mol. The molecule has 312 valence electrons. The van der Waals surface area contributed by atoms with Crippen LogP contribution in [0.25, 0.3) is 88.3 Å². The maximum absolute atomic E-state index is 10.2. The highest BCUT2D eigenvalue weighted by atomic mass is 16.3. The maximum Gasteiger partial charge on any atom is 0.136 e. The van der Waals surface area contributed by atoms with Gasteiger partial charge in [-0.15, -0.1) is 0 Å². The van der Waals surface area contributed by atoms with Gasteiger partial charge in [0.25, 0.3) is 0 Å². The zero-order chi connectivity index (χ0) is 58.8. The van der Waals surface area contributed by atoms with E-state index < -0.39 is 152 Å². The van der Waals surface area contributed by atoms with Crippen LogP contribution in [0.15, 0.2) is 253 Å². The summed E-state index contributed by atoms with van der Waals surface area (Å²) in [5, 5.41) is -1.68. The fourth-order valence-corrected chi connectivity index (χ4v) is 10.4. The Morgan fingerprint density at radius 3 is 1.64 bits per heavy atom. The molecule has 0 N–H and O–H groups in total. The molecule has 1 aromatic heterocycles. The van der Waals surface area contributed by atoms with Crippen LogP contribution in [-0.4, -0.2) is 0 Å². The van der Waals surface area contributed by atoms with E-state index in [1.807, 2.05) is 109 Å². The van der Waals surface area contributed by atoms with Crippen molar-refractivity contribution in [3.63, 3.8) is 0 Å². The van der Waals surface area contributed by atoms with E-state index in [0.29, 0.717) is 11.4 Å². The molecule has 0 atom stereocenters. The van der Waals surface area contributed by atoms with Crippen LogP contribution in [0.3, 0.4) is 0 Å². The molecule has 12 aromatic rings. The smallest absolute Gasteiger partial charge is 0.136 e. The maximum atomic E-state index is 10.2. The van der Waals surface area contributed by atoms with Gasteiger partial charge in [-0.3, -0.25) is 0 Å². The van der Waals surface area contributed by atoms with E-state index in [-0.39, 0.29) is 16.5 Å². The Morgan fingerprint density at radius 2 is 0.925 bits per heavy atom. The fraction of sp³-hybridized carbons (Fsp3) is 0.0154. The summed E-state index contributed by atoms with van der Waals surface area (Å²) in [6, 6.07) is 35.4. The molecular weight excluding hydrogens is 811 g/mol. The minimum atomic E-state index is -0.848. The minimum absolute atomic E-state index is 0.223. The molecule has 11 aromatic carbocycles. The van der Waals surface area contributed by atoms with Crippen LogP contribution < -0.4 is 4.90 Å². The van der Waals surface area contributed by atoms with Gasteiger partial charge in [0, 0.05) is 27.8 Å². The SMILES string of the molecule is [2H]c1c([2H])c(N(c2ccc(-c3ccccc3)cc2)c2ccc3c(c2)C2(c4ccccc4-c4ccccc42)c2ccccc2-3)c([2H])c([2H])c1-c1c([2H])c([2H])c2c([2H])c([2H])c([2H])c([2H])c2c1-c1c([2H])c([2H])c2c(oc3c([2H])c([2H])c([2H])c([2H])c32)c1[2H]. The van der Waals surface area contributed by atoms with Gasteiger partial charge in [-0.1, -0.05) is 194 Å². The summed E-state index contributed by atoms with van der Waals surface area (Å²) in [6.45, 7) is 0. The van der Waals surface area contributed by atoms with Gasteiger partial charge < -0.3 is 9.32 Å². The molecule has 2 aliphatic rings. The van der Waals surface area contributed by atoms with Gasteiger partial charge in [0.2, 0.25) is 0 Å². The summed E-state index contributed by atoms with van der Waals surface area (Å²) in [4.78, 5) is 1.65. The number of fused-ring (bicyclic) bond motifs is 14. The molecule has 2 heteroatoms. The molecule has 67 heavy (non-hydrogen) atoms. The summed E-state index contributed by atoms with van der Waals surface area (Å²) in [6.07, 6.45) is 0. The van der Waals surface area contributed by atoms with Crippen molar-refractivity contribution in [3.8, 4) is 55.6 Å². The summed E-state index contributed by atoms with van der Waals surface area (Å²) in [7, 11) is 0. The first kappa shape index (κ1) is 24.5. The van der Waals surface area contributed by atoms with Crippen LogP contribution >= 0.6 is 0 Å². The number of benzene rings is 11. The summed E-state index contributed by atoms with van der Waals surface area (Å²) >= 11 is 0. The second kappa shape index (κ2) is 14.7. The second-order valence-corrected chi connectivity index (χ2v) is 16.6. The number of anilines is 3. The first-order valence-corrected chi connectivity index (χ1v) is 21.8. The molecule has 0 unspecified atom stereocenters. The number of hydrogen-bond donors (Lipinski definition) is 0. The monoisotopic (exact) mass is 868 g/mol. The topological polar surface area (TPSA) is 16.4 Å². The van der Waals surface area contributed by atoms with Crippen molar-refractivity contribution in [2.75, 3.05) is 4.90 Å². The number of furan rings is 1. The molecule has 0 amide bonds. The molecule has 0 bridgehead atoms. The molecule has 0 saturated carbocycles. The Hall–Kier alpha value is -8.72. The third-order valence-corrected chi connectivity index (χ3v) is 13.2. The van der Waals surface area contributed by atoms with E-state index >= 15 is 0 Å². The Balaban J connectivity index is 1.07. The number of hydrogen-bond acceptors (Lipinski definition) is 2. The Labute approximate surface area is 413 Å². The third-order valence-electron chi connectivity index (χ3n) is 13.2. The first-order chi connectivity index (χ1) is 40.3. The van der Waals surface area contributed by atoms with Crippen molar-refractivity contribution in [2.45, 2.75) is 5.41 Å². The lowest BCUT2D eigenvalue weighted by atomic mass is 9.70. The molecule has 1 spiro atoms. The average molecular weight is 869 g/mol. The van der Waals surface area contributed by atoms with Crippen molar-refractivity contribution >= 4 is 49.8 Å². The van der Waals surface area contributed by atoms with Crippen LogP contribution in [0.5, 0.6) is 0 Å². The number of rotatable bonds is 6. The average Bonchev–Trinajstić information content (AvgIpc) is 1.56. The van der Waals surface area contributed by atoms with Crippen molar-refractivity contribution in [2.24, 2.45) is 0 Å². The highest BCUT2D eigenvalue weighted by Gasteiger charge is 2.51. The Morgan fingerprint density at radius 1 is 0.358 bits per heavy atom. The van der Waals surface area contributed by atoms with Gasteiger partial charge in [0.15, 0.2) is 0 Å². The van der Waals surface area contributed by atoms with Gasteiger partial charge in [0.1, 0.15) is 11.2 Å². The lowest BCUT2D eigenvalue weighted by Gasteiger charge is -2.32. The number of para-hydroxylation sites is 1. The molecule has 2 nitrogen and oxygen atoms in total. The van der Waals surface area contributed by atoms with Gasteiger partial charge in [-0.2, -0.15) is 0 Å². The van der Waals surface area contributed by atoms with Gasteiger partial charge in [-0.05, 0) is 143 Å². The van der Waals surface area contributed by atoms with Crippen LogP contribution in [0.4, 0.5) is 17.1 Å². The Kier molecular flexibility index (Phi) is 5.37. The minimum Gasteiger partial charge on any atom is -0.456 e. The van der Waals surface area contributed by atoms with Crippen LogP contribution in [-0.2, 0) is 5.41 Å². The lowest BCUT2D eigenvalue weighted by Crippen LogP contribution is -2.26. The highest BCUT2D eigenvalue weighted by molar-refractivity contribution is 6.09. The molecule has 0 radical (unpaired) electrons. The molecule has 2 aliphatic carbocycles. The summed E-state index contributed by atoms with van der Waals surface area (Å²) in [5.74, 6) is 0. The zero-order valence-corrected chi connectivity index (χ0v) is 35.2. The van der Waals surface area contributed by atoms with Gasteiger partial charge in [0.05, 0.1) is 28.7 Å². The summed E-state index contributed by atoms with van der Waals surface area (Å²) in [5.41, 5.74) is 6.48. The standard InChI is InChI=1S/C65H41NO/c1-2-14-42(15-3-1)43-26-32-47(33-27-43)66(49-36-39-55-54-20-8-12-24-60(54)65(61(55)41-49)58-22-10-6-18-52(58)53-19-7-11-23-59(53)65)48-34-28-45(29-35-48)51-37-30-44-16-4-5-17-50(44)64(51)46-31-38-57-56-21-9-13-25-62(56)67-63(57)40-46/h1-41H/i4D,5D,9D,13D,16D,17D,21D,25D,28D,29D,30D,31D,34D,35D,37D,38D,40D. The normalized spacial score (nSPS) is 16.4. The quantitative estimate of drug-likeness (QED) is 0.166. The van der Waals surface area contributed by atoms with E-state index in [0.717, 1.165) is 55.6 Å². The zero-order valence-electron chi connectivity index (χ0n) is 52.2.